The van der Waals surface area contributed by atoms with E-state index in [0.717, 1.165) is 51.9 Å². The lowest BCUT2D eigenvalue weighted by Crippen LogP contribution is -2.58. The highest BCUT2D eigenvalue weighted by atomic mass is 35.5. The molecule has 0 amide bonds. The molecule has 2 aromatic rings. The number of ether oxygens (including phenoxy) is 2. The summed E-state index contributed by atoms with van der Waals surface area (Å²) in [6.07, 6.45) is 8.43. The lowest BCUT2D eigenvalue weighted by Gasteiger charge is -2.57. The molecule has 4 saturated carbocycles. The number of halogens is 1. The number of hydrogen-bond acceptors (Lipinski definition) is 3. The third-order valence-electron chi connectivity index (χ3n) is 7.30. The Labute approximate surface area is 178 Å². The van der Waals surface area contributed by atoms with Crippen LogP contribution in [0.25, 0.3) is 0 Å². The molecule has 29 heavy (non-hydrogen) atoms. The summed E-state index contributed by atoms with van der Waals surface area (Å²) in [6.45, 7) is 1.26. The van der Waals surface area contributed by atoms with E-state index in [2.05, 4.69) is 17.4 Å². The lowest BCUT2D eigenvalue weighted by atomic mass is 9.53. The minimum Gasteiger partial charge on any atom is -0.493 e. The molecule has 154 valence electrons. The molecule has 3 nitrogen and oxygen atoms in total. The largest absolute Gasteiger partial charge is 0.493 e. The van der Waals surface area contributed by atoms with Crippen molar-refractivity contribution in [2.45, 2.75) is 57.2 Å². The van der Waals surface area contributed by atoms with Crippen molar-refractivity contribution in [3.05, 3.63) is 58.6 Å². The highest BCUT2D eigenvalue weighted by molar-refractivity contribution is 6.31. The van der Waals surface area contributed by atoms with Crippen LogP contribution in [-0.2, 0) is 13.2 Å². The van der Waals surface area contributed by atoms with Gasteiger partial charge in [0.15, 0.2) is 11.5 Å². The monoisotopic (exact) mass is 411 g/mol. The van der Waals surface area contributed by atoms with Gasteiger partial charge in [-0.15, -0.1) is 0 Å². The van der Waals surface area contributed by atoms with Crippen molar-refractivity contribution in [2.24, 2.45) is 17.8 Å². The van der Waals surface area contributed by atoms with Crippen LogP contribution in [0.4, 0.5) is 0 Å². The summed E-state index contributed by atoms with van der Waals surface area (Å²) in [7, 11) is 1.70. The van der Waals surface area contributed by atoms with Crippen molar-refractivity contribution in [2.75, 3.05) is 7.11 Å². The minimum absolute atomic E-state index is 0.331. The van der Waals surface area contributed by atoms with Crippen LogP contribution < -0.4 is 14.8 Å². The summed E-state index contributed by atoms with van der Waals surface area (Å²) in [5.41, 5.74) is 2.48. The van der Waals surface area contributed by atoms with Crippen LogP contribution in [-0.4, -0.2) is 12.6 Å². The van der Waals surface area contributed by atoms with Gasteiger partial charge in [0.2, 0.25) is 0 Å². The van der Waals surface area contributed by atoms with Crippen LogP contribution in [0.15, 0.2) is 42.5 Å². The Hall–Kier alpha value is -1.71. The second kappa shape index (κ2) is 7.85. The predicted molar refractivity (Wildman–Crippen MR) is 117 cm³/mol. The summed E-state index contributed by atoms with van der Waals surface area (Å²) >= 11 is 6.32. The normalized spacial score (nSPS) is 29.8. The quantitative estimate of drug-likeness (QED) is 0.607. The molecule has 4 bridgehead atoms. The zero-order valence-corrected chi connectivity index (χ0v) is 17.9. The van der Waals surface area contributed by atoms with Gasteiger partial charge in [-0.3, -0.25) is 0 Å². The van der Waals surface area contributed by atoms with Gasteiger partial charge in [-0.1, -0.05) is 41.9 Å². The van der Waals surface area contributed by atoms with E-state index in [4.69, 9.17) is 21.1 Å². The second-order valence-electron chi connectivity index (χ2n) is 9.38. The Morgan fingerprint density at radius 2 is 1.59 bits per heavy atom. The molecule has 2 aromatic carbocycles. The molecule has 0 aromatic heterocycles. The summed E-state index contributed by atoms with van der Waals surface area (Å²) < 4.78 is 11.9. The van der Waals surface area contributed by atoms with Crippen LogP contribution in [0.2, 0.25) is 5.02 Å². The summed E-state index contributed by atoms with van der Waals surface area (Å²) in [4.78, 5) is 0. The van der Waals surface area contributed by atoms with E-state index in [0.29, 0.717) is 12.1 Å². The van der Waals surface area contributed by atoms with E-state index < -0.39 is 0 Å². The number of methoxy groups -OCH3 is 1. The maximum absolute atomic E-state index is 6.32. The summed E-state index contributed by atoms with van der Waals surface area (Å²) in [6, 6.07) is 14.0. The van der Waals surface area contributed by atoms with Crippen molar-refractivity contribution < 1.29 is 9.47 Å². The fraction of sp³-hybridized carbons (Fsp3) is 0.520. The molecule has 0 unspecified atom stereocenters. The molecule has 0 radical (unpaired) electrons. The third-order valence-corrected chi connectivity index (χ3v) is 7.67. The first-order valence-corrected chi connectivity index (χ1v) is 11.3. The van der Waals surface area contributed by atoms with Crippen LogP contribution >= 0.6 is 11.6 Å². The Kier molecular flexibility index (Phi) is 5.21. The molecule has 4 aliphatic rings. The van der Waals surface area contributed by atoms with E-state index in [-0.39, 0.29) is 0 Å². The molecular formula is C25H30ClNO2. The van der Waals surface area contributed by atoms with Gasteiger partial charge in [0.1, 0.15) is 6.61 Å². The van der Waals surface area contributed by atoms with Crippen molar-refractivity contribution in [3.63, 3.8) is 0 Å². The maximum Gasteiger partial charge on any atom is 0.166 e. The van der Waals surface area contributed by atoms with Gasteiger partial charge >= 0.3 is 0 Å². The van der Waals surface area contributed by atoms with Crippen LogP contribution in [0.1, 0.15) is 49.7 Å². The van der Waals surface area contributed by atoms with Gasteiger partial charge in [0.05, 0.1) is 7.11 Å². The standard InChI is InChI=1S/C25H30ClNO2/c1-28-23-8-4-6-20(24(23)29-16-21-5-2-3-7-22(21)26)15-27-25-12-17-9-18(13-25)11-19(10-17)14-25/h2-8,17-19,27H,9-16H2,1H3. The van der Waals surface area contributed by atoms with E-state index >= 15 is 0 Å². The van der Waals surface area contributed by atoms with Gasteiger partial charge in [0, 0.05) is 28.2 Å². The number of benzene rings is 2. The fourth-order valence-corrected chi connectivity index (χ4v) is 6.59. The Morgan fingerprint density at radius 1 is 0.931 bits per heavy atom. The summed E-state index contributed by atoms with van der Waals surface area (Å²) in [5, 5.41) is 4.72. The van der Waals surface area contributed by atoms with Crippen LogP contribution in [0, 0.1) is 17.8 Å². The van der Waals surface area contributed by atoms with Crippen molar-refractivity contribution >= 4 is 11.6 Å². The fourth-order valence-electron chi connectivity index (χ4n) is 6.40. The zero-order chi connectivity index (χ0) is 19.8. The smallest absolute Gasteiger partial charge is 0.166 e. The van der Waals surface area contributed by atoms with Crippen LogP contribution in [0.5, 0.6) is 11.5 Å². The number of nitrogens with one attached hydrogen (secondary N) is 1. The molecule has 4 heteroatoms. The van der Waals surface area contributed by atoms with Crippen LogP contribution in [0.3, 0.4) is 0 Å². The topological polar surface area (TPSA) is 30.5 Å². The molecule has 0 heterocycles. The molecule has 6 rings (SSSR count). The first kappa shape index (κ1) is 19.3. The van der Waals surface area contributed by atoms with Gasteiger partial charge in [-0.25, -0.2) is 0 Å². The van der Waals surface area contributed by atoms with Gasteiger partial charge in [-0.05, 0) is 68.4 Å². The van der Waals surface area contributed by atoms with E-state index in [9.17, 15) is 0 Å². The number of rotatable bonds is 7. The molecule has 0 spiro atoms. The first-order valence-electron chi connectivity index (χ1n) is 10.9. The van der Waals surface area contributed by atoms with E-state index in [1.165, 1.54) is 38.5 Å². The Balaban J connectivity index is 1.33. The van der Waals surface area contributed by atoms with E-state index in [1.807, 2.05) is 30.3 Å². The Morgan fingerprint density at radius 3 is 2.24 bits per heavy atom. The van der Waals surface area contributed by atoms with Gasteiger partial charge in [0.25, 0.3) is 0 Å². The first-order chi connectivity index (χ1) is 14.1. The lowest BCUT2D eigenvalue weighted by molar-refractivity contribution is -0.0206. The third kappa shape index (κ3) is 3.87. The highest BCUT2D eigenvalue weighted by Gasteiger charge is 2.50. The minimum atomic E-state index is 0.331. The Bertz CT molecular complexity index is 846. The maximum atomic E-state index is 6.32. The zero-order valence-electron chi connectivity index (χ0n) is 17.1. The van der Waals surface area contributed by atoms with E-state index in [1.54, 1.807) is 7.11 Å². The molecule has 1 N–H and O–H groups in total. The number of hydrogen-bond donors (Lipinski definition) is 1. The van der Waals surface area contributed by atoms with Crippen molar-refractivity contribution in [1.82, 2.24) is 5.32 Å². The highest BCUT2D eigenvalue weighted by Crippen LogP contribution is 2.55. The second-order valence-corrected chi connectivity index (χ2v) is 9.79. The predicted octanol–water partition coefficient (Wildman–Crippen LogP) is 5.99. The average molecular weight is 412 g/mol. The molecule has 4 fully saturated rings. The molecule has 0 aliphatic heterocycles. The summed E-state index contributed by atoms with van der Waals surface area (Å²) in [5.74, 6) is 4.43. The van der Waals surface area contributed by atoms with Crippen molar-refractivity contribution in [1.29, 1.82) is 0 Å². The SMILES string of the molecule is COc1cccc(CNC23CC4CC(CC(C4)C2)C3)c1OCc1ccccc1Cl. The molecule has 0 atom stereocenters. The van der Waals surface area contributed by atoms with Crippen molar-refractivity contribution in [3.8, 4) is 11.5 Å². The molecular weight excluding hydrogens is 382 g/mol. The number of para-hydroxylation sites is 1. The van der Waals surface area contributed by atoms with Gasteiger partial charge in [-0.2, -0.15) is 0 Å². The molecule has 0 saturated heterocycles. The molecule has 4 aliphatic carbocycles. The van der Waals surface area contributed by atoms with Gasteiger partial charge < -0.3 is 14.8 Å². The average Bonchev–Trinajstić information content (AvgIpc) is 2.71.